The van der Waals surface area contributed by atoms with Crippen molar-refractivity contribution >= 4 is 5.78 Å². The fourth-order valence-electron chi connectivity index (χ4n) is 1.92. The zero-order valence-corrected chi connectivity index (χ0v) is 9.40. The number of ketones is 1. The van der Waals surface area contributed by atoms with Crippen molar-refractivity contribution in [3.05, 3.63) is 35.4 Å². The summed E-state index contributed by atoms with van der Waals surface area (Å²) < 4.78 is 5.49. The van der Waals surface area contributed by atoms with Crippen LogP contribution in [-0.4, -0.2) is 24.1 Å². The number of aliphatic hydroxyl groups excluding tert-OH is 1. The van der Waals surface area contributed by atoms with Crippen LogP contribution in [0.4, 0.5) is 0 Å². The van der Waals surface area contributed by atoms with Gasteiger partial charge in [-0.2, -0.15) is 0 Å². The summed E-state index contributed by atoms with van der Waals surface area (Å²) in [7, 11) is 0. The number of hydrogen-bond donors (Lipinski definition) is 1. The standard InChI is InChI=1S/C13H16O3/c1-10(15)11-3-5-12(6-4-11)13(9-16-13)7-2-8-14/h3-6,14H,2,7-9H2,1H3. The number of benzene rings is 1. The highest BCUT2D eigenvalue weighted by atomic mass is 16.6. The summed E-state index contributed by atoms with van der Waals surface area (Å²) >= 11 is 0. The largest absolute Gasteiger partial charge is 0.396 e. The summed E-state index contributed by atoms with van der Waals surface area (Å²) in [6.07, 6.45) is 1.58. The lowest BCUT2D eigenvalue weighted by molar-refractivity contribution is 0.101. The number of carbonyl (C=O) groups is 1. The maximum atomic E-state index is 11.1. The van der Waals surface area contributed by atoms with E-state index in [1.165, 1.54) is 0 Å². The molecule has 0 aromatic heterocycles. The van der Waals surface area contributed by atoms with E-state index in [0.29, 0.717) is 6.61 Å². The molecule has 1 aromatic rings. The normalized spacial score (nSPS) is 23.1. The molecule has 1 atom stereocenters. The molecule has 0 amide bonds. The molecule has 16 heavy (non-hydrogen) atoms. The van der Waals surface area contributed by atoms with Crippen LogP contribution in [0.2, 0.25) is 0 Å². The monoisotopic (exact) mass is 220 g/mol. The quantitative estimate of drug-likeness (QED) is 0.609. The molecule has 1 aliphatic heterocycles. The van der Waals surface area contributed by atoms with E-state index < -0.39 is 0 Å². The topological polar surface area (TPSA) is 49.8 Å². The third kappa shape index (κ3) is 2.15. The number of carbonyl (C=O) groups excluding carboxylic acids is 1. The minimum Gasteiger partial charge on any atom is -0.396 e. The molecule has 1 heterocycles. The molecule has 1 N–H and O–H groups in total. The van der Waals surface area contributed by atoms with Gasteiger partial charge in [-0.15, -0.1) is 0 Å². The molecule has 0 radical (unpaired) electrons. The van der Waals surface area contributed by atoms with Crippen molar-refractivity contribution in [2.24, 2.45) is 0 Å². The van der Waals surface area contributed by atoms with Gasteiger partial charge in [-0.25, -0.2) is 0 Å². The summed E-state index contributed by atoms with van der Waals surface area (Å²) in [5.41, 5.74) is 1.63. The van der Waals surface area contributed by atoms with Crippen LogP contribution >= 0.6 is 0 Å². The summed E-state index contributed by atoms with van der Waals surface area (Å²) in [5.74, 6) is 0.0765. The van der Waals surface area contributed by atoms with Crippen LogP contribution in [-0.2, 0) is 10.3 Å². The lowest BCUT2D eigenvalue weighted by atomic mass is 9.94. The van der Waals surface area contributed by atoms with Gasteiger partial charge in [0.2, 0.25) is 0 Å². The van der Waals surface area contributed by atoms with Crippen LogP contribution in [0, 0.1) is 0 Å². The van der Waals surface area contributed by atoms with Crippen molar-refractivity contribution in [1.29, 1.82) is 0 Å². The Morgan fingerprint density at radius 3 is 2.50 bits per heavy atom. The van der Waals surface area contributed by atoms with Crippen molar-refractivity contribution < 1.29 is 14.6 Å². The number of epoxide rings is 1. The van der Waals surface area contributed by atoms with Gasteiger partial charge in [0.1, 0.15) is 5.60 Å². The number of ether oxygens (including phenoxy) is 1. The smallest absolute Gasteiger partial charge is 0.159 e. The Bertz CT molecular complexity index is 377. The molecule has 0 saturated carbocycles. The minimum atomic E-state index is -0.196. The second kappa shape index (κ2) is 4.36. The molecule has 2 rings (SSSR count). The molecule has 86 valence electrons. The molecular formula is C13H16O3. The summed E-state index contributed by atoms with van der Waals surface area (Å²) in [6, 6.07) is 7.56. The molecule has 3 heteroatoms. The van der Waals surface area contributed by atoms with Crippen molar-refractivity contribution in [3.8, 4) is 0 Å². The van der Waals surface area contributed by atoms with Crippen LogP contribution in [0.3, 0.4) is 0 Å². The lowest BCUT2D eigenvalue weighted by Crippen LogP contribution is -2.09. The van der Waals surface area contributed by atoms with Crippen LogP contribution in [0.25, 0.3) is 0 Å². The van der Waals surface area contributed by atoms with E-state index in [0.717, 1.165) is 24.0 Å². The van der Waals surface area contributed by atoms with Crippen molar-refractivity contribution in [2.75, 3.05) is 13.2 Å². The Morgan fingerprint density at radius 1 is 1.44 bits per heavy atom. The Labute approximate surface area is 95.0 Å². The average molecular weight is 220 g/mol. The van der Waals surface area contributed by atoms with E-state index in [9.17, 15) is 4.79 Å². The fourth-order valence-corrected chi connectivity index (χ4v) is 1.92. The Kier molecular flexibility index (Phi) is 3.08. The highest BCUT2D eigenvalue weighted by Gasteiger charge is 2.45. The first-order valence-electron chi connectivity index (χ1n) is 5.54. The van der Waals surface area contributed by atoms with Gasteiger partial charge >= 0.3 is 0 Å². The SMILES string of the molecule is CC(=O)c1ccc(C2(CCCO)CO2)cc1. The summed E-state index contributed by atoms with van der Waals surface area (Å²) in [5, 5.41) is 8.82. The van der Waals surface area contributed by atoms with Crippen molar-refractivity contribution in [1.82, 2.24) is 0 Å². The Morgan fingerprint density at radius 2 is 2.06 bits per heavy atom. The fraction of sp³-hybridized carbons (Fsp3) is 0.462. The molecule has 1 aromatic carbocycles. The first kappa shape index (κ1) is 11.3. The van der Waals surface area contributed by atoms with Gasteiger partial charge in [0.05, 0.1) is 6.61 Å². The number of rotatable bonds is 5. The van der Waals surface area contributed by atoms with E-state index in [4.69, 9.17) is 9.84 Å². The van der Waals surface area contributed by atoms with Crippen LogP contribution in [0.15, 0.2) is 24.3 Å². The highest BCUT2D eigenvalue weighted by molar-refractivity contribution is 5.94. The van der Waals surface area contributed by atoms with Gasteiger partial charge in [0, 0.05) is 12.2 Å². The summed E-state index contributed by atoms with van der Waals surface area (Å²) in [6.45, 7) is 2.47. The van der Waals surface area contributed by atoms with Crippen molar-refractivity contribution in [3.63, 3.8) is 0 Å². The van der Waals surface area contributed by atoms with E-state index in [2.05, 4.69) is 0 Å². The zero-order chi connectivity index (χ0) is 11.6. The van der Waals surface area contributed by atoms with E-state index >= 15 is 0 Å². The Balaban J connectivity index is 2.12. The zero-order valence-electron chi connectivity index (χ0n) is 9.40. The molecule has 3 nitrogen and oxygen atoms in total. The first-order valence-corrected chi connectivity index (χ1v) is 5.54. The number of hydrogen-bond acceptors (Lipinski definition) is 3. The maximum Gasteiger partial charge on any atom is 0.159 e. The molecule has 1 saturated heterocycles. The maximum absolute atomic E-state index is 11.1. The predicted octanol–water partition coefficient (Wildman–Crippen LogP) is 1.89. The second-order valence-electron chi connectivity index (χ2n) is 4.24. The second-order valence-corrected chi connectivity index (χ2v) is 4.24. The highest BCUT2D eigenvalue weighted by Crippen LogP contribution is 2.42. The third-order valence-corrected chi connectivity index (χ3v) is 3.05. The van der Waals surface area contributed by atoms with E-state index in [1.807, 2.05) is 24.3 Å². The van der Waals surface area contributed by atoms with Crippen molar-refractivity contribution in [2.45, 2.75) is 25.4 Å². The van der Waals surface area contributed by atoms with Gasteiger partial charge in [-0.1, -0.05) is 24.3 Å². The van der Waals surface area contributed by atoms with E-state index in [-0.39, 0.29) is 18.0 Å². The van der Waals surface area contributed by atoms with Gasteiger partial charge in [0.15, 0.2) is 5.78 Å². The molecule has 1 unspecified atom stereocenters. The van der Waals surface area contributed by atoms with Gasteiger partial charge in [-0.3, -0.25) is 4.79 Å². The van der Waals surface area contributed by atoms with Crippen LogP contribution in [0.1, 0.15) is 35.7 Å². The van der Waals surface area contributed by atoms with Crippen LogP contribution in [0.5, 0.6) is 0 Å². The number of Topliss-reactive ketones (excluding diaryl/α,β-unsaturated/α-hetero) is 1. The first-order chi connectivity index (χ1) is 7.68. The molecule has 0 spiro atoms. The third-order valence-electron chi connectivity index (χ3n) is 3.05. The lowest BCUT2D eigenvalue weighted by Gasteiger charge is -2.11. The molecule has 0 aliphatic carbocycles. The molecule has 0 bridgehead atoms. The minimum absolute atomic E-state index is 0.0765. The molecule has 1 aliphatic rings. The number of aliphatic hydroxyl groups is 1. The predicted molar refractivity (Wildman–Crippen MR) is 60.4 cm³/mol. The van der Waals surface area contributed by atoms with Gasteiger partial charge in [0.25, 0.3) is 0 Å². The van der Waals surface area contributed by atoms with Crippen LogP contribution < -0.4 is 0 Å². The molecule has 1 fully saturated rings. The Hall–Kier alpha value is -1.19. The average Bonchev–Trinajstić information content (AvgIpc) is 3.08. The van der Waals surface area contributed by atoms with Gasteiger partial charge < -0.3 is 9.84 Å². The van der Waals surface area contributed by atoms with Gasteiger partial charge in [-0.05, 0) is 25.3 Å². The van der Waals surface area contributed by atoms with E-state index in [1.54, 1.807) is 6.92 Å². The molecular weight excluding hydrogens is 204 g/mol. The summed E-state index contributed by atoms with van der Waals surface area (Å²) in [4.78, 5) is 11.1.